The second kappa shape index (κ2) is 2.46. The first-order valence-electron chi connectivity index (χ1n) is 4.16. The molecule has 1 saturated heterocycles. The molecule has 0 saturated carbocycles. The van der Waals surface area contributed by atoms with Gasteiger partial charge in [-0.05, 0) is 34.6 Å². The van der Waals surface area contributed by atoms with Crippen LogP contribution in [0.3, 0.4) is 0 Å². The van der Waals surface area contributed by atoms with Crippen LogP contribution in [-0.2, 0) is 9.47 Å². The molecule has 66 valence electrons. The van der Waals surface area contributed by atoms with Crippen LogP contribution in [0.25, 0.3) is 0 Å². The number of ether oxygens (including phenoxy) is 2. The Morgan fingerprint density at radius 2 is 1.36 bits per heavy atom. The Kier molecular flexibility index (Phi) is 2.01. The maximum Gasteiger partial charge on any atom is 0.156 e. The fourth-order valence-corrected chi connectivity index (χ4v) is 2.03. The lowest BCUT2D eigenvalue weighted by molar-refractivity contribution is -0.291. The first-order chi connectivity index (χ1) is 4.81. The molecule has 1 aliphatic heterocycles. The van der Waals surface area contributed by atoms with Gasteiger partial charge in [0.1, 0.15) is 0 Å². The smallest absolute Gasteiger partial charge is 0.156 e. The lowest BCUT2D eigenvalue weighted by Crippen LogP contribution is -2.47. The Hall–Kier alpha value is -0.0800. The largest absolute Gasteiger partial charge is 0.347 e. The average molecular weight is 158 g/mol. The zero-order valence-electron chi connectivity index (χ0n) is 8.10. The summed E-state index contributed by atoms with van der Waals surface area (Å²) in [4.78, 5) is 0. The molecule has 1 heterocycles. The van der Waals surface area contributed by atoms with Crippen LogP contribution in [0.1, 0.15) is 41.0 Å². The molecular weight excluding hydrogens is 140 g/mol. The molecule has 11 heavy (non-hydrogen) atoms. The van der Waals surface area contributed by atoms with Crippen molar-refractivity contribution in [2.24, 2.45) is 0 Å². The van der Waals surface area contributed by atoms with E-state index in [4.69, 9.17) is 9.47 Å². The van der Waals surface area contributed by atoms with Crippen molar-refractivity contribution in [1.29, 1.82) is 0 Å². The topological polar surface area (TPSA) is 18.5 Å². The molecule has 2 nitrogen and oxygen atoms in total. The van der Waals surface area contributed by atoms with Crippen LogP contribution in [-0.4, -0.2) is 17.5 Å². The Labute approximate surface area is 68.9 Å². The van der Waals surface area contributed by atoms with Crippen LogP contribution in [0, 0.1) is 0 Å². The molecule has 0 atom stereocenters. The molecule has 0 aromatic carbocycles. The highest BCUT2D eigenvalue weighted by Crippen LogP contribution is 2.33. The summed E-state index contributed by atoms with van der Waals surface area (Å²) in [5.74, 6) is 0. The van der Waals surface area contributed by atoms with E-state index in [1.807, 2.05) is 6.92 Å². The van der Waals surface area contributed by atoms with Crippen LogP contribution >= 0.6 is 0 Å². The van der Waals surface area contributed by atoms with E-state index in [-0.39, 0.29) is 17.5 Å². The van der Waals surface area contributed by atoms with Gasteiger partial charge in [-0.15, -0.1) is 0 Å². The molecule has 2 heteroatoms. The first-order valence-corrected chi connectivity index (χ1v) is 4.16. The summed E-state index contributed by atoms with van der Waals surface area (Å²) in [5, 5.41) is 0. The Balaban J connectivity index is 2.66. The first kappa shape index (κ1) is 9.01. The molecule has 0 aromatic rings. The zero-order chi connectivity index (χ0) is 8.70. The quantitative estimate of drug-likeness (QED) is 0.538. The minimum absolute atomic E-state index is 0.0405. The van der Waals surface area contributed by atoms with Gasteiger partial charge in [-0.25, -0.2) is 0 Å². The third-order valence-corrected chi connectivity index (χ3v) is 1.82. The van der Waals surface area contributed by atoms with Gasteiger partial charge in [0.05, 0.1) is 11.2 Å². The lowest BCUT2D eigenvalue weighted by Gasteiger charge is -2.43. The van der Waals surface area contributed by atoms with Gasteiger partial charge >= 0.3 is 0 Å². The summed E-state index contributed by atoms with van der Waals surface area (Å²) >= 11 is 0. The van der Waals surface area contributed by atoms with Gasteiger partial charge in [-0.3, -0.25) is 0 Å². The molecule has 1 aliphatic rings. The lowest BCUT2D eigenvalue weighted by atomic mass is 9.91. The van der Waals surface area contributed by atoms with Gasteiger partial charge in [0.25, 0.3) is 0 Å². The van der Waals surface area contributed by atoms with Crippen molar-refractivity contribution in [3.05, 3.63) is 0 Å². The van der Waals surface area contributed by atoms with E-state index in [0.717, 1.165) is 6.42 Å². The molecule has 0 amide bonds. The number of hydrogen-bond donors (Lipinski definition) is 0. The van der Waals surface area contributed by atoms with Gasteiger partial charge in [-0.1, -0.05) is 0 Å². The van der Waals surface area contributed by atoms with Crippen LogP contribution in [0.4, 0.5) is 0 Å². The zero-order valence-corrected chi connectivity index (χ0v) is 8.10. The van der Waals surface area contributed by atoms with Crippen molar-refractivity contribution in [1.82, 2.24) is 0 Å². The molecule has 0 spiro atoms. The predicted octanol–water partition coefficient (Wildman–Crippen LogP) is 2.33. The summed E-state index contributed by atoms with van der Waals surface area (Å²) in [7, 11) is 0. The van der Waals surface area contributed by atoms with E-state index < -0.39 is 0 Å². The second-order valence-electron chi connectivity index (χ2n) is 4.50. The fourth-order valence-electron chi connectivity index (χ4n) is 2.03. The molecule has 0 radical (unpaired) electrons. The van der Waals surface area contributed by atoms with Crippen molar-refractivity contribution >= 4 is 0 Å². The monoisotopic (exact) mass is 158 g/mol. The maximum atomic E-state index is 5.59. The van der Waals surface area contributed by atoms with E-state index >= 15 is 0 Å². The van der Waals surface area contributed by atoms with Crippen LogP contribution in [0.2, 0.25) is 0 Å². The van der Waals surface area contributed by atoms with Crippen LogP contribution in [0.15, 0.2) is 0 Å². The Bertz CT molecular complexity index is 134. The van der Waals surface area contributed by atoms with E-state index in [2.05, 4.69) is 27.7 Å². The van der Waals surface area contributed by atoms with Gasteiger partial charge in [-0.2, -0.15) is 0 Å². The van der Waals surface area contributed by atoms with E-state index in [1.165, 1.54) is 0 Å². The highest BCUT2D eigenvalue weighted by atomic mass is 16.7. The highest BCUT2D eigenvalue weighted by molar-refractivity contribution is 4.84. The Morgan fingerprint density at radius 3 is 1.64 bits per heavy atom. The normalized spacial score (nSPS) is 30.3. The number of rotatable bonds is 0. The van der Waals surface area contributed by atoms with Crippen LogP contribution in [0.5, 0.6) is 0 Å². The summed E-state index contributed by atoms with van der Waals surface area (Å²) in [5.41, 5.74) is -0.0810. The highest BCUT2D eigenvalue weighted by Gasteiger charge is 2.38. The molecule has 0 aliphatic carbocycles. The van der Waals surface area contributed by atoms with E-state index in [1.54, 1.807) is 0 Å². The Morgan fingerprint density at radius 1 is 1.00 bits per heavy atom. The van der Waals surface area contributed by atoms with E-state index in [0.29, 0.717) is 0 Å². The van der Waals surface area contributed by atoms with Gasteiger partial charge in [0, 0.05) is 6.42 Å². The fraction of sp³-hybridized carbons (Fsp3) is 1.00. The van der Waals surface area contributed by atoms with Gasteiger partial charge in [0.15, 0.2) is 6.29 Å². The van der Waals surface area contributed by atoms with Gasteiger partial charge in [0.2, 0.25) is 0 Å². The SMILES string of the molecule is CC1OC(C)(C)CC(C)(C)O1. The van der Waals surface area contributed by atoms with E-state index in [9.17, 15) is 0 Å². The van der Waals surface area contributed by atoms with Crippen molar-refractivity contribution < 1.29 is 9.47 Å². The van der Waals surface area contributed by atoms with Crippen LogP contribution < -0.4 is 0 Å². The van der Waals surface area contributed by atoms with Crippen molar-refractivity contribution in [2.75, 3.05) is 0 Å². The minimum atomic E-state index is -0.0752. The summed E-state index contributed by atoms with van der Waals surface area (Å²) in [6, 6.07) is 0. The number of hydrogen-bond acceptors (Lipinski definition) is 2. The second-order valence-corrected chi connectivity index (χ2v) is 4.50. The summed E-state index contributed by atoms with van der Waals surface area (Å²) in [6.45, 7) is 10.4. The molecule has 0 unspecified atom stereocenters. The minimum Gasteiger partial charge on any atom is -0.347 e. The third kappa shape index (κ3) is 2.46. The van der Waals surface area contributed by atoms with Crippen molar-refractivity contribution in [2.45, 2.75) is 58.5 Å². The molecule has 0 bridgehead atoms. The predicted molar refractivity (Wildman–Crippen MR) is 44.4 cm³/mol. The third-order valence-electron chi connectivity index (χ3n) is 1.82. The summed E-state index contributed by atoms with van der Waals surface area (Å²) < 4.78 is 11.2. The summed E-state index contributed by atoms with van der Waals surface area (Å²) in [6.07, 6.45) is 0.874. The molecule has 1 fully saturated rings. The maximum absolute atomic E-state index is 5.59. The van der Waals surface area contributed by atoms with Crippen molar-refractivity contribution in [3.8, 4) is 0 Å². The molecule has 0 N–H and O–H groups in total. The average Bonchev–Trinajstić information content (AvgIpc) is 1.49. The van der Waals surface area contributed by atoms with Gasteiger partial charge < -0.3 is 9.47 Å². The molecule has 1 rings (SSSR count). The van der Waals surface area contributed by atoms with Crippen molar-refractivity contribution in [3.63, 3.8) is 0 Å². The standard InChI is InChI=1S/C9H18O2/c1-7-10-8(2,3)6-9(4,5)11-7/h7H,6H2,1-5H3. The molecule has 0 aromatic heterocycles. The molecular formula is C9H18O2.